The van der Waals surface area contributed by atoms with Gasteiger partial charge in [-0.3, -0.25) is 9.59 Å². The first-order valence-electron chi connectivity index (χ1n) is 8.26. The van der Waals surface area contributed by atoms with Gasteiger partial charge in [-0.2, -0.15) is 0 Å². The lowest BCUT2D eigenvalue weighted by Crippen LogP contribution is -2.30. The molecule has 2 amide bonds. The van der Waals surface area contributed by atoms with Crippen LogP contribution < -0.4 is 24.8 Å². The zero-order valence-electron chi connectivity index (χ0n) is 14.6. The third-order valence-electron chi connectivity index (χ3n) is 3.84. The molecular formula is C19H20N2O5. The predicted octanol–water partition coefficient (Wildman–Crippen LogP) is 2.22. The van der Waals surface area contributed by atoms with Crippen LogP contribution in [-0.2, 0) is 4.79 Å². The molecule has 0 unspecified atom stereocenters. The molecule has 0 saturated heterocycles. The predicted molar refractivity (Wildman–Crippen MR) is 96.0 cm³/mol. The molecule has 3 rings (SSSR count). The first-order valence-corrected chi connectivity index (χ1v) is 8.26. The monoisotopic (exact) mass is 356 g/mol. The summed E-state index contributed by atoms with van der Waals surface area (Å²) in [5.74, 6) is 1.29. The van der Waals surface area contributed by atoms with Crippen LogP contribution in [0.4, 0.5) is 5.69 Å². The van der Waals surface area contributed by atoms with Gasteiger partial charge in [0.05, 0.1) is 0 Å². The van der Waals surface area contributed by atoms with E-state index in [1.165, 1.54) is 0 Å². The minimum Gasteiger partial charge on any atom is -0.486 e. The second-order valence-corrected chi connectivity index (χ2v) is 5.71. The van der Waals surface area contributed by atoms with Gasteiger partial charge in [-0.1, -0.05) is 0 Å². The van der Waals surface area contributed by atoms with Gasteiger partial charge in [-0.25, -0.2) is 0 Å². The summed E-state index contributed by atoms with van der Waals surface area (Å²) in [5.41, 5.74) is 1.12. The van der Waals surface area contributed by atoms with Gasteiger partial charge in [0.1, 0.15) is 19.0 Å². The molecule has 1 atom stereocenters. The highest BCUT2D eigenvalue weighted by Crippen LogP contribution is 2.32. The molecule has 1 aliphatic rings. The van der Waals surface area contributed by atoms with Crippen molar-refractivity contribution in [3.63, 3.8) is 0 Å². The van der Waals surface area contributed by atoms with E-state index in [9.17, 15) is 9.59 Å². The molecule has 2 aromatic carbocycles. The van der Waals surface area contributed by atoms with Crippen molar-refractivity contribution in [2.75, 3.05) is 25.6 Å². The normalized spacial score (nSPS) is 13.5. The maximum Gasteiger partial charge on any atom is 0.265 e. The average Bonchev–Trinajstić information content (AvgIpc) is 2.67. The molecule has 26 heavy (non-hydrogen) atoms. The van der Waals surface area contributed by atoms with Gasteiger partial charge in [-0.15, -0.1) is 0 Å². The summed E-state index contributed by atoms with van der Waals surface area (Å²) in [7, 11) is 1.57. The lowest BCUT2D eigenvalue weighted by Gasteiger charge is -2.19. The number of hydrogen-bond acceptors (Lipinski definition) is 5. The van der Waals surface area contributed by atoms with Crippen molar-refractivity contribution < 1.29 is 23.8 Å². The van der Waals surface area contributed by atoms with Gasteiger partial charge in [0, 0.05) is 24.4 Å². The molecule has 2 N–H and O–H groups in total. The van der Waals surface area contributed by atoms with Gasteiger partial charge in [-0.05, 0) is 43.3 Å². The third kappa shape index (κ3) is 4.05. The van der Waals surface area contributed by atoms with Crippen molar-refractivity contribution in [2.24, 2.45) is 0 Å². The fraction of sp³-hybridized carbons (Fsp3) is 0.263. The molecule has 0 fully saturated rings. The number of carbonyl (C=O) groups is 2. The fourth-order valence-electron chi connectivity index (χ4n) is 2.45. The van der Waals surface area contributed by atoms with Crippen molar-refractivity contribution in [3.8, 4) is 17.2 Å². The number of ether oxygens (including phenoxy) is 3. The van der Waals surface area contributed by atoms with Crippen LogP contribution in [0.3, 0.4) is 0 Å². The summed E-state index contributed by atoms with van der Waals surface area (Å²) in [6.07, 6.45) is -0.714. The number of hydrogen-bond donors (Lipinski definition) is 2. The maximum atomic E-state index is 12.3. The lowest BCUT2D eigenvalue weighted by atomic mass is 10.2. The first kappa shape index (κ1) is 17.6. The van der Waals surface area contributed by atoms with Crippen LogP contribution in [0.1, 0.15) is 17.3 Å². The molecule has 136 valence electrons. The van der Waals surface area contributed by atoms with E-state index in [0.717, 1.165) is 0 Å². The molecule has 7 heteroatoms. The minimum absolute atomic E-state index is 0.180. The Morgan fingerprint density at radius 1 is 1.04 bits per heavy atom. The molecular weight excluding hydrogens is 336 g/mol. The van der Waals surface area contributed by atoms with Crippen molar-refractivity contribution in [1.82, 2.24) is 5.32 Å². The quantitative estimate of drug-likeness (QED) is 0.858. The van der Waals surface area contributed by atoms with Crippen LogP contribution in [-0.4, -0.2) is 38.2 Å². The van der Waals surface area contributed by atoms with Crippen LogP contribution in [0.2, 0.25) is 0 Å². The Balaban J connectivity index is 1.60. The summed E-state index contributed by atoms with van der Waals surface area (Å²) in [4.78, 5) is 23.9. The number of fused-ring (bicyclic) bond motifs is 1. The summed E-state index contributed by atoms with van der Waals surface area (Å²) in [6, 6.07) is 11.8. The van der Waals surface area contributed by atoms with Crippen LogP contribution in [0.5, 0.6) is 17.2 Å². The zero-order valence-corrected chi connectivity index (χ0v) is 14.6. The van der Waals surface area contributed by atoms with Crippen LogP contribution >= 0.6 is 0 Å². The maximum absolute atomic E-state index is 12.3. The van der Waals surface area contributed by atoms with Gasteiger partial charge < -0.3 is 24.8 Å². The van der Waals surface area contributed by atoms with E-state index in [-0.39, 0.29) is 11.8 Å². The first-order chi connectivity index (χ1) is 12.6. The standard InChI is InChI=1S/C19H20N2O5/c1-12(26-15-6-3-13(4-7-15)19(23)20-2)18(22)21-14-5-8-16-17(11-14)25-10-9-24-16/h3-8,11-12H,9-10H2,1-2H3,(H,20,23)(H,21,22)/t12-/m0/s1. The van der Waals surface area contributed by atoms with E-state index in [1.807, 2.05) is 0 Å². The van der Waals surface area contributed by atoms with Crippen LogP contribution in [0.25, 0.3) is 0 Å². The van der Waals surface area contributed by atoms with E-state index in [1.54, 1.807) is 56.4 Å². The van der Waals surface area contributed by atoms with Gasteiger partial charge in [0.15, 0.2) is 17.6 Å². The molecule has 0 bridgehead atoms. The van der Waals surface area contributed by atoms with E-state index < -0.39 is 6.10 Å². The summed E-state index contributed by atoms with van der Waals surface area (Å²) >= 11 is 0. The number of rotatable bonds is 5. The van der Waals surface area contributed by atoms with Crippen molar-refractivity contribution >= 4 is 17.5 Å². The topological polar surface area (TPSA) is 85.9 Å². The average molecular weight is 356 g/mol. The molecule has 1 aliphatic heterocycles. The molecule has 7 nitrogen and oxygen atoms in total. The number of carbonyl (C=O) groups excluding carboxylic acids is 2. The summed E-state index contributed by atoms with van der Waals surface area (Å²) in [5, 5.41) is 5.33. The smallest absolute Gasteiger partial charge is 0.265 e. The number of nitrogens with one attached hydrogen (secondary N) is 2. The number of benzene rings is 2. The summed E-state index contributed by atoms with van der Waals surface area (Å²) in [6.45, 7) is 2.65. The van der Waals surface area contributed by atoms with Gasteiger partial charge in [0.25, 0.3) is 11.8 Å². The molecule has 2 aromatic rings. The van der Waals surface area contributed by atoms with Crippen LogP contribution in [0.15, 0.2) is 42.5 Å². The second-order valence-electron chi connectivity index (χ2n) is 5.71. The highest BCUT2D eigenvalue weighted by Gasteiger charge is 2.17. The second kappa shape index (κ2) is 7.77. The highest BCUT2D eigenvalue weighted by atomic mass is 16.6. The number of anilines is 1. The molecule has 0 radical (unpaired) electrons. The Hall–Kier alpha value is -3.22. The van der Waals surface area contributed by atoms with Gasteiger partial charge in [0.2, 0.25) is 0 Å². The Kier molecular flexibility index (Phi) is 5.26. The highest BCUT2D eigenvalue weighted by molar-refractivity contribution is 5.95. The lowest BCUT2D eigenvalue weighted by molar-refractivity contribution is -0.122. The minimum atomic E-state index is -0.714. The SMILES string of the molecule is CNC(=O)c1ccc(O[C@@H](C)C(=O)Nc2ccc3c(c2)OCCO3)cc1. The van der Waals surface area contributed by atoms with E-state index in [2.05, 4.69) is 10.6 Å². The Morgan fingerprint density at radius 3 is 2.42 bits per heavy atom. The van der Waals surface area contributed by atoms with Crippen molar-refractivity contribution in [2.45, 2.75) is 13.0 Å². The van der Waals surface area contributed by atoms with Gasteiger partial charge >= 0.3 is 0 Å². The molecule has 0 spiro atoms. The van der Waals surface area contributed by atoms with E-state index >= 15 is 0 Å². The fourth-order valence-corrected chi connectivity index (χ4v) is 2.45. The van der Waals surface area contributed by atoms with E-state index in [4.69, 9.17) is 14.2 Å². The molecule has 0 saturated carbocycles. The molecule has 1 heterocycles. The summed E-state index contributed by atoms with van der Waals surface area (Å²) < 4.78 is 16.6. The largest absolute Gasteiger partial charge is 0.486 e. The third-order valence-corrected chi connectivity index (χ3v) is 3.84. The Morgan fingerprint density at radius 2 is 1.73 bits per heavy atom. The van der Waals surface area contributed by atoms with Crippen molar-refractivity contribution in [1.29, 1.82) is 0 Å². The molecule has 0 aromatic heterocycles. The van der Waals surface area contributed by atoms with E-state index in [0.29, 0.717) is 41.7 Å². The van der Waals surface area contributed by atoms with Crippen molar-refractivity contribution in [3.05, 3.63) is 48.0 Å². The zero-order chi connectivity index (χ0) is 18.5. The van der Waals surface area contributed by atoms with Crippen LogP contribution in [0, 0.1) is 0 Å². The Bertz CT molecular complexity index is 804. The molecule has 0 aliphatic carbocycles. The Labute approximate surface area is 151 Å². The number of amides is 2.